The number of rotatable bonds is 9. The molecule has 7 nitrogen and oxygen atoms in total. The van der Waals surface area contributed by atoms with E-state index in [4.69, 9.17) is 9.47 Å². The molecule has 1 aliphatic heterocycles. The molecule has 1 aliphatic carbocycles. The van der Waals surface area contributed by atoms with Gasteiger partial charge in [-0.3, -0.25) is 4.79 Å². The molecule has 1 heterocycles. The summed E-state index contributed by atoms with van der Waals surface area (Å²) in [7, 11) is -4.33. The van der Waals surface area contributed by atoms with Crippen molar-refractivity contribution in [3.8, 4) is 0 Å². The van der Waals surface area contributed by atoms with Gasteiger partial charge in [0.15, 0.2) is 0 Å². The number of alkyl halides is 3. The molecule has 11 heteroatoms. The van der Waals surface area contributed by atoms with E-state index in [0.717, 1.165) is 12.8 Å². The van der Waals surface area contributed by atoms with Crippen LogP contribution in [0.2, 0.25) is 0 Å². The number of hydrogen-bond acceptors (Lipinski definition) is 6. The molecule has 0 saturated heterocycles. The summed E-state index contributed by atoms with van der Waals surface area (Å²) in [4.78, 5) is 15.3. The van der Waals surface area contributed by atoms with Crippen molar-refractivity contribution in [3.63, 3.8) is 0 Å². The van der Waals surface area contributed by atoms with Gasteiger partial charge in [-0.2, -0.15) is 21.6 Å². The summed E-state index contributed by atoms with van der Waals surface area (Å²) in [6.07, 6.45) is 5.04. The second-order valence-electron chi connectivity index (χ2n) is 8.91. The van der Waals surface area contributed by atoms with Crippen LogP contribution in [-0.2, 0) is 23.8 Å². The number of ether oxygens (including phenoxy) is 2. The fraction of sp³-hybridized carbons (Fsp3) is 0.625. The zero-order chi connectivity index (χ0) is 25.7. The number of carbonyl (C=O) groups excluding carboxylic acids is 1. The fourth-order valence-corrected chi connectivity index (χ4v) is 5.67. The molecule has 0 N–H and O–H groups in total. The summed E-state index contributed by atoms with van der Waals surface area (Å²) in [5, 5.41) is 0. The maximum absolute atomic E-state index is 13.7. The predicted octanol–water partition coefficient (Wildman–Crippen LogP) is 5.00. The van der Waals surface area contributed by atoms with Gasteiger partial charge in [0.2, 0.25) is 0 Å². The van der Waals surface area contributed by atoms with Crippen molar-refractivity contribution in [1.29, 1.82) is 0 Å². The average Bonchev–Trinajstić information content (AvgIpc) is 2.81. The molecule has 3 rings (SSSR count). The van der Waals surface area contributed by atoms with Crippen LogP contribution in [0, 0.1) is 5.92 Å². The molecule has 0 aromatic heterocycles. The Morgan fingerprint density at radius 3 is 2.57 bits per heavy atom. The molecule has 1 saturated carbocycles. The molecule has 2 aliphatic rings. The van der Waals surface area contributed by atoms with E-state index in [1.54, 1.807) is 35.2 Å². The van der Waals surface area contributed by atoms with Crippen molar-refractivity contribution in [2.45, 2.75) is 69.0 Å². The van der Waals surface area contributed by atoms with E-state index in [-0.39, 0.29) is 43.4 Å². The summed E-state index contributed by atoms with van der Waals surface area (Å²) >= 11 is 0. The van der Waals surface area contributed by atoms with Gasteiger partial charge in [-0.25, -0.2) is 0 Å². The van der Waals surface area contributed by atoms with Gasteiger partial charge in [0.05, 0.1) is 11.6 Å². The Bertz CT molecular complexity index is 998. The van der Waals surface area contributed by atoms with Crippen molar-refractivity contribution >= 4 is 16.0 Å². The van der Waals surface area contributed by atoms with E-state index in [0.29, 0.717) is 31.2 Å². The third kappa shape index (κ3) is 6.00. The molecule has 1 spiro atoms. The molecule has 0 radical (unpaired) electrons. The van der Waals surface area contributed by atoms with Gasteiger partial charge in [-0.1, -0.05) is 38.0 Å². The van der Waals surface area contributed by atoms with Crippen LogP contribution in [0.4, 0.5) is 13.2 Å². The lowest BCUT2D eigenvalue weighted by atomic mass is 9.66. The highest BCUT2D eigenvalue weighted by molar-refractivity contribution is 7.87. The van der Waals surface area contributed by atoms with Crippen LogP contribution in [0.1, 0.15) is 62.2 Å². The highest BCUT2D eigenvalue weighted by atomic mass is 32.2. The third-order valence-corrected chi connectivity index (χ3v) is 7.69. The normalized spacial score (nSPS) is 25.4. The monoisotopic (exact) mass is 519 g/mol. The smallest absolute Gasteiger partial charge is 0.381 e. The molecule has 3 atom stereocenters. The minimum atomic E-state index is -5.83. The highest BCUT2D eigenvalue weighted by Gasteiger charge is 2.54. The lowest BCUT2D eigenvalue weighted by Gasteiger charge is -2.54. The van der Waals surface area contributed by atoms with E-state index >= 15 is 0 Å². The first-order chi connectivity index (χ1) is 16.6. The second-order valence-corrected chi connectivity index (χ2v) is 10.4. The number of unbranched alkanes of at least 4 members (excludes halogenated alkanes) is 1. The number of nitrogens with zero attached hydrogens (tertiary/aromatic N) is 1. The van der Waals surface area contributed by atoms with Gasteiger partial charge in [-0.05, 0) is 43.9 Å². The number of methoxy groups -OCH3 is 1. The molecule has 1 aromatic carbocycles. The van der Waals surface area contributed by atoms with Gasteiger partial charge in [0, 0.05) is 31.6 Å². The molecule has 1 fully saturated rings. The highest BCUT2D eigenvalue weighted by Crippen LogP contribution is 2.47. The average molecular weight is 520 g/mol. The Balaban J connectivity index is 2.09. The standard InChI is InChI=1S/C24H32F3NO6S/c1-3-4-11-20-21(33-17-32-2)12-8-14-23(20)16-19(34-35(30,31)24(25,26)27)13-15-28(23)22(29)18-9-6-5-7-10-18/h5-7,9-10,16,20-21H,3-4,8,11-15,17H2,1-2H3/t20-,21+,23-/m0/s1. The van der Waals surface area contributed by atoms with E-state index in [2.05, 4.69) is 4.18 Å². The molecular weight excluding hydrogens is 487 g/mol. The first-order valence-corrected chi connectivity index (χ1v) is 13.2. The minimum absolute atomic E-state index is 0.0204. The number of halogens is 3. The van der Waals surface area contributed by atoms with E-state index in [1.807, 2.05) is 6.92 Å². The van der Waals surface area contributed by atoms with Crippen LogP contribution in [-0.4, -0.2) is 56.8 Å². The van der Waals surface area contributed by atoms with E-state index in [9.17, 15) is 26.4 Å². The SMILES string of the molecule is CCCC[C@H]1[C@H](OCOC)CCC[C@]12C=C(OS(=O)(=O)C(F)(F)F)CCN2C(=O)c1ccccc1. The summed E-state index contributed by atoms with van der Waals surface area (Å²) < 4.78 is 78.4. The van der Waals surface area contributed by atoms with Gasteiger partial charge in [-0.15, -0.1) is 0 Å². The van der Waals surface area contributed by atoms with Crippen molar-refractivity contribution in [2.75, 3.05) is 20.4 Å². The number of hydrogen-bond donors (Lipinski definition) is 0. The summed E-state index contributed by atoms with van der Waals surface area (Å²) in [5.41, 5.74) is -6.16. The number of carbonyl (C=O) groups is 1. The van der Waals surface area contributed by atoms with Crippen molar-refractivity contribution in [2.24, 2.45) is 5.92 Å². The Morgan fingerprint density at radius 2 is 1.94 bits per heavy atom. The zero-order valence-electron chi connectivity index (χ0n) is 19.9. The van der Waals surface area contributed by atoms with Crippen LogP contribution in [0.3, 0.4) is 0 Å². The predicted molar refractivity (Wildman–Crippen MR) is 123 cm³/mol. The second kappa shape index (κ2) is 11.3. The van der Waals surface area contributed by atoms with E-state index < -0.39 is 21.2 Å². The maximum atomic E-state index is 13.7. The Hall–Kier alpha value is -2.11. The van der Waals surface area contributed by atoms with Gasteiger partial charge < -0.3 is 18.6 Å². The summed E-state index contributed by atoms with van der Waals surface area (Å²) in [6.45, 7) is 2.08. The molecule has 0 unspecified atom stereocenters. The third-order valence-electron chi connectivity index (χ3n) is 6.69. The lowest BCUT2D eigenvalue weighted by molar-refractivity contribution is -0.130. The number of benzene rings is 1. The molecule has 1 aromatic rings. The van der Waals surface area contributed by atoms with Gasteiger partial charge in [0.1, 0.15) is 12.6 Å². The number of amides is 1. The van der Waals surface area contributed by atoms with Gasteiger partial charge in [0.25, 0.3) is 5.91 Å². The molecule has 0 bridgehead atoms. The molecular formula is C24H32F3NO6S. The van der Waals surface area contributed by atoms with Crippen LogP contribution in [0.25, 0.3) is 0 Å². The molecule has 1 amide bonds. The largest absolute Gasteiger partial charge is 0.534 e. The summed E-state index contributed by atoms with van der Waals surface area (Å²) in [6, 6.07) is 8.63. The Kier molecular flexibility index (Phi) is 8.87. The van der Waals surface area contributed by atoms with Crippen LogP contribution < -0.4 is 0 Å². The lowest BCUT2D eigenvalue weighted by Crippen LogP contribution is -2.62. The Morgan fingerprint density at radius 1 is 1.23 bits per heavy atom. The molecule has 35 heavy (non-hydrogen) atoms. The minimum Gasteiger partial charge on any atom is -0.381 e. The van der Waals surface area contributed by atoms with Crippen molar-refractivity contribution < 1.29 is 40.0 Å². The topological polar surface area (TPSA) is 82.1 Å². The van der Waals surface area contributed by atoms with Crippen LogP contribution in [0.5, 0.6) is 0 Å². The molecule has 196 valence electrons. The van der Waals surface area contributed by atoms with E-state index in [1.165, 1.54) is 13.2 Å². The van der Waals surface area contributed by atoms with Gasteiger partial charge >= 0.3 is 15.6 Å². The first kappa shape index (κ1) is 27.5. The first-order valence-electron chi connectivity index (χ1n) is 11.8. The summed E-state index contributed by atoms with van der Waals surface area (Å²) in [5.74, 6) is -0.853. The van der Waals surface area contributed by atoms with Crippen molar-refractivity contribution in [1.82, 2.24) is 4.90 Å². The quantitative estimate of drug-likeness (QED) is 0.259. The van der Waals surface area contributed by atoms with Crippen LogP contribution in [0.15, 0.2) is 42.2 Å². The van der Waals surface area contributed by atoms with Crippen molar-refractivity contribution in [3.05, 3.63) is 47.7 Å². The fourth-order valence-electron chi connectivity index (χ4n) is 5.16. The maximum Gasteiger partial charge on any atom is 0.534 e. The van der Waals surface area contributed by atoms with Crippen LogP contribution >= 0.6 is 0 Å². The zero-order valence-corrected chi connectivity index (χ0v) is 20.7. The Labute approximate surface area is 204 Å².